The molecule has 0 spiro atoms. The van der Waals surface area contributed by atoms with Crippen molar-refractivity contribution in [3.63, 3.8) is 0 Å². The fourth-order valence-electron chi connectivity index (χ4n) is 3.40. The molecule has 0 atom stereocenters. The fraction of sp³-hybridized carbons (Fsp3) is 0.143. The van der Waals surface area contributed by atoms with Gasteiger partial charge in [-0.2, -0.15) is 0 Å². The molecule has 0 radical (unpaired) electrons. The van der Waals surface area contributed by atoms with Gasteiger partial charge in [0.2, 0.25) is 0 Å². The topological polar surface area (TPSA) is 83.6 Å². The Balaban J connectivity index is 1.70. The number of sulfonamides is 2. The van der Waals surface area contributed by atoms with Crippen molar-refractivity contribution in [1.82, 2.24) is 0 Å². The summed E-state index contributed by atoms with van der Waals surface area (Å²) in [4.78, 5) is 0.0885. The lowest BCUT2D eigenvalue weighted by Crippen LogP contribution is -2.35. The summed E-state index contributed by atoms with van der Waals surface area (Å²) in [5, 5.41) is 0. The molecule has 3 aromatic carbocycles. The molecule has 0 aromatic heterocycles. The van der Waals surface area contributed by atoms with Gasteiger partial charge in [0, 0.05) is 6.54 Å². The Morgan fingerprint density at radius 1 is 0.833 bits per heavy atom. The second kappa shape index (κ2) is 7.73. The molecular weight excluding hydrogens is 427 g/mol. The Hall–Kier alpha value is -2.91. The number of fused-ring (bicyclic) bond motifs is 1. The number of hydrogen-bond donors (Lipinski definition) is 1. The third-order valence-corrected chi connectivity index (χ3v) is 8.09. The second-order valence-electron chi connectivity index (χ2n) is 6.90. The van der Waals surface area contributed by atoms with E-state index >= 15 is 0 Å². The number of nitrogens with one attached hydrogen (secondary N) is 1. The van der Waals surface area contributed by atoms with Crippen LogP contribution in [0, 0.1) is 5.82 Å². The summed E-state index contributed by atoms with van der Waals surface area (Å²) in [6.07, 6.45) is 1.36. The van der Waals surface area contributed by atoms with Gasteiger partial charge in [0.15, 0.2) is 0 Å². The van der Waals surface area contributed by atoms with Crippen LogP contribution in [0.5, 0.6) is 0 Å². The van der Waals surface area contributed by atoms with E-state index in [0.29, 0.717) is 25.1 Å². The van der Waals surface area contributed by atoms with E-state index in [9.17, 15) is 21.2 Å². The minimum Gasteiger partial charge on any atom is -0.280 e. The van der Waals surface area contributed by atoms with Crippen LogP contribution in [0.2, 0.25) is 0 Å². The average molecular weight is 447 g/mol. The smallest absolute Gasteiger partial charge is 0.264 e. The molecule has 4 rings (SSSR count). The molecule has 6 nitrogen and oxygen atoms in total. The van der Waals surface area contributed by atoms with Gasteiger partial charge in [0.05, 0.1) is 21.2 Å². The molecule has 156 valence electrons. The molecule has 1 aliphatic rings. The summed E-state index contributed by atoms with van der Waals surface area (Å²) in [7, 11) is -7.72. The Morgan fingerprint density at radius 2 is 1.53 bits per heavy atom. The van der Waals surface area contributed by atoms with Crippen LogP contribution in [0.25, 0.3) is 0 Å². The number of nitrogens with zero attached hydrogens (tertiary/aromatic N) is 1. The van der Waals surface area contributed by atoms with Crippen LogP contribution in [0.15, 0.2) is 82.6 Å². The predicted octanol–water partition coefficient (Wildman–Crippen LogP) is 3.77. The van der Waals surface area contributed by atoms with Gasteiger partial charge in [-0.3, -0.25) is 9.03 Å². The standard InChI is InChI=1S/C21H19FN2O4S2/c22-17-9-12-19(13-10-17)29(25,26)23-18-11-8-16-5-4-14-24(21(16)15-18)30(27,28)20-6-2-1-3-7-20/h1-3,6-13,15,23H,4-5,14H2. The maximum Gasteiger partial charge on any atom is 0.264 e. The average Bonchev–Trinajstić information content (AvgIpc) is 2.74. The second-order valence-corrected chi connectivity index (χ2v) is 10.4. The Morgan fingerprint density at radius 3 is 2.23 bits per heavy atom. The van der Waals surface area contributed by atoms with Crippen molar-refractivity contribution in [3.8, 4) is 0 Å². The van der Waals surface area contributed by atoms with Crippen LogP contribution in [-0.4, -0.2) is 23.4 Å². The van der Waals surface area contributed by atoms with Crippen LogP contribution in [0.1, 0.15) is 12.0 Å². The van der Waals surface area contributed by atoms with E-state index in [2.05, 4.69) is 4.72 Å². The van der Waals surface area contributed by atoms with Gasteiger partial charge < -0.3 is 0 Å². The minimum atomic E-state index is -3.95. The van der Waals surface area contributed by atoms with Gasteiger partial charge in [-0.1, -0.05) is 24.3 Å². The number of aryl methyl sites for hydroxylation is 1. The zero-order chi connectivity index (χ0) is 21.4. The molecular formula is C21H19FN2O4S2. The first-order valence-electron chi connectivity index (χ1n) is 9.26. The third-order valence-electron chi connectivity index (χ3n) is 4.87. The van der Waals surface area contributed by atoms with Gasteiger partial charge in [-0.15, -0.1) is 0 Å². The summed E-state index contributed by atoms with van der Waals surface area (Å²) < 4.78 is 68.4. The van der Waals surface area contributed by atoms with Crippen molar-refractivity contribution < 1.29 is 21.2 Å². The highest BCUT2D eigenvalue weighted by atomic mass is 32.2. The maximum atomic E-state index is 13.2. The molecule has 1 heterocycles. The Labute approximate surface area is 175 Å². The summed E-state index contributed by atoms with van der Waals surface area (Å²) in [6.45, 7) is 0.304. The molecule has 3 aromatic rings. The quantitative estimate of drug-likeness (QED) is 0.647. The highest BCUT2D eigenvalue weighted by Crippen LogP contribution is 2.34. The van der Waals surface area contributed by atoms with Crippen molar-refractivity contribution in [2.75, 3.05) is 15.6 Å². The summed E-state index contributed by atoms with van der Waals surface area (Å²) in [5.41, 5.74) is 1.50. The fourth-order valence-corrected chi connectivity index (χ4v) is 6.01. The van der Waals surface area contributed by atoms with E-state index in [4.69, 9.17) is 0 Å². The van der Waals surface area contributed by atoms with Crippen molar-refractivity contribution in [3.05, 3.63) is 84.2 Å². The van der Waals surface area contributed by atoms with Crippen molar-refractivity contribution >= 4 is 31.4 Å². The highest BCUT2D eigenvalue weighted by molar-refractivity contribution is 7.93. The molecule has 0 aliphatic carbocycles. The molecule has 0 bridgehead atoms. The van der Waals surface area contributed by atoms with Crippen molar-refractivity contribution in [2.45, 2.75) is 22.6 Å². The lowest BCUT2D eigenvalue weighted by molar-refractivity contribution is 0.586. The van der Waals surface area contributed by atoms with Gasteiger partial charge in [-0.25, -0.2) is 21.2 Å². The number of benzene rings is 3. The third kappa shape index (κ3) is 3.90. The normalized spacial score (nSPS) is 14.2. The molecule has 9 heteroatoms. The predicted molar refractivity (Wildman–Crippen MR) is 113 cm³/mol. The largest absolute Gasteiger partial charge is 0.280 e. The van der Waals surface area contributed by atoms with E-state index in [1.807, 2.05) is 0 Å². The van der Waals surface area contributed by atoms with E-state index in [0.717, 1.165) is 17.7 Å². The summed E-state index contributed by atoms with van der Waals surface area (Å²) >= 11 is 0. The van der Waals surface area contributed by atoms with Gasteiger partial charge in [-0.05, 0) is 66.9 Å². The lowest BCUT2D eigenvalue weighted by Gasteiger charge is -2.31. The van der Waals surface area contributed by atoms with Crippen LogP contribution < -0.4 is 9.03 Å². The summed E-state index contributed by atoms with van der Waals surface area (Å²) in [6, 6.07) is 17.4. The van der Waals surface area contributed by atoms with E-state index < -0.39 is 25.9 Å². The van der Waals surface area contributed by atoms with Crippen molar-refractivity contribution in [2.24, 2.45) is 0 Å². The van der Waals surface area contributed by atoms with E-state index in [-0.39, 0.29) is 15.5 Å². The van der Waals surface area contributed by atoms with E-state index in [1.54, 1.807) is 30.3 Å². The summed E-state index contributed by atoms with van der Waals surface area (Å²) in [5.74, 6) is -0.538. The van der Waals surface area contributed by atoms with Gasteiger partial charge in [0.1, 0.15) is 5.82 Å². The molecule has 1 aliphatic heterocycles. The van der Waals surface area contributed by atoms with Crippen LogP contribution >= 0.6 is 0 Å². The maximum absolute atomic E-state index is 13.2. The molecule has 30 heavy (non-hydrogen) atoms. The highest BCUT2D eigenvalue weighted by Gasteiger charge is 2.29. The monoisotopic (exact) mass is 446 g/mol. The van der Waals surface area contributed by atoms with Gasteiger partial charge in [0.25, 0.3) is 20.0 Å². The number of rotatable bonds is 5. The first-order valence-corrected chi connectivity index (χ1v) is 12.2. The molecule has 0 fully saturated rings. The minimum absolute atomic E-state index is 0.0876. The molecule has 0 saturated carbocycles. The SMILES string of the molecule is O=S(=O)(Nc1ccc2c(c1)N(S(=O)(=O)c1ccccc1)CCC2)c1ccc(F)cc1. The molecule has 0 unspecified atom stereocenters. The number of hydrogen-bond acceptors (Lipinski definition) is 4. The zero-order valence-corrected chi connectivity index (χ0v) is 17.5. The number of halogens is 1. The zero-order valence-electron chi connectivity index (χ0n) is 15.8. The first-order chi connectivity index (χ1) is 14.3. The van der Waals surface area contributed by atoms with E-state index in [1.165, 1.54) is 34.6 Å². The molecule has 0 saturated heterocycles. The van der Waals surface area contributed by atoms with Crippen LogP contribution in [-0.2, 0) is 26.5 Å². The number of anilines is 2. The Bertz CT molecular complexity index is 1280. The van der Waals surface area contributed by atoms with Crippen LogP contribution in [0.3, 0.4) is 0 Å². The first kappa shape index (κ1) is 20.4. The van der Waals surface area contributed by atoms with Crippen LogP contribution in [0.4, 0.5) is 15.8 Å². The molecule has 1 N–H and O–H groups in total. The molecule has 0 amide bonds. The van der Waals surface area contributed by atoms with Crippen molar-refractivity contribution in [1.29, 1.82) is 0 Å². The Kier molecular flexibility index (Phi) is 5.25. The lowest BCUT2D eigenvalue weighted by atomic mass is 10.0. The van der Waals surface area contributed by atoms with Gasteiger partial charge >= 0.3 is 0 Å².